The molecule has 7 nitrogen and oxygen atoms in total. The Morgan fingerprint density at radius 1 is 1.15 bits per heavy atom. The van der Waals surface area contributed by atoms with E-state index in [1.807, 2.05) is 0 Å². The first-order valence-electron chi connectivity index (χ1n) is 8.01. The van der Waals surface area contributed by atoms with Crippen molar-refractivity contribution in [3.63, 3.8) is 0 Å². The van der Waals surface area contributed by atoms with Crippen molar-refractivity contribution in [1.29, 1.82) is 0 Å². The van der Waals surface area contributed by atoms with Gasteiger partial charge in [-0.15, -0.1) is 0 Å². The number of carbonyl (C=O) groups is 2. The number of hydrogen-bond acceptors (Lipinski definition) is 4. The third-order valence-electron chi connectivity index (χ3n) is 4.10. The fourth-order valence-corrected chi connectivity index (χ4v) is 2.85. The van der Waals surface area contributed by atoms with Gasteiger partial charge in [0, 0.05) is 5.70 Å². The molecule has 0 aromatic heterocycles. The Kier molecular flexibility index (Phi) is 4.79. The Morgan fingerprint density at radius 3 is 2.54 bits per heavy atom. The molecule has 26 heavy (non-hydrogen) atoms. The number of anilines is 1. The summed E-state index contributed by atoms with van der Waals surface area (Å²) in [4.78, 5) is 24.8. The standard InChI is InChI=1S/C19H19N3O4/c1-11-16(18(24)21-14-5-3-4-6-15(14)26-2)17(22-19(25)20-11)12-7-9-13(23)10-8-12/h3-10,17,23H,1-2H3,(H,21,24)(H2,20,22,25). The summed E-state index contributed by atoms with van der Waals surface area (Å²) in [5.41, 5.74) is 2.05. The van der Waals surface area contributed by atoms with Crippen molar-refractivity contribution in [2.24, 2.45) is 0 Å². The van der Waals surface area contributed by atoms with Crippen LogP contribution in [0.5, 0.6) is 11.5 Å². The number of amides is 3. The molecule has 0 bridgehead atoms. The fraction of sp³-hybridized carbons (Fsp3) is 0.158. The van der Waals surface area contributed by atoms with Gasteiger partial charge in [0.15, 0.2) is 0 Å². The zero-order chi connectivity index (χ0) is 18.7. The molecule has 134 valence electrons. The van der Waals surface area contributed by atoms with Gasteiger partial charge in [0.1, 0.15) is 11.5 Å². The smallest absolute Gasteiger partial charge is 0.319 e. The van der Waals surface area contributed by atoms with Gasteiger partial charge in [0.2, 0.25) is 0 Å². The van der Waals surface area contributed by atoms with Crippen LogP contribution in [0.2, 0.25) is 0 Å². The number of carbonyl (C=O) groups excluding carboxylic acids is 2. The zero-order valence-corrected chi connectivity index (χ0v) is 14.4. The van der Waals surface area contributed by atoms with Gasteiger partial charge in [0.25, 0.3) is 5.91 Å². The fourth-order valence-electron chi connectivity index (χ4n) is 2.85. The third kappa shape index (κ3) is 3.46. The average molecular weight is 353 g/mol. The lowest BCUT2D eigenvalue weighted by Crippen LogP contribution is -2.45. The van der Waals surface area contributed by atoms with Crippen LogP contribution in [0.4, 0.5) is 10.5 Å². The van der Waals surface area contributed by atoms with Gasteiger partial charge in [0.05, 0.1) is 24.4 Å². The van der Waals surface area contributed by atoms with Crippen molar-refractivity contribution in [2.75, 3.05) is 12.4 Å². The SMILES string of the molecule is COc1ccccc1NC(=O)C1=C(C)NC(=O)NC1c1ccc(O)cc1. The number of methoxy groups -OCH3 is 1. The summed E-state index contributed by atoms with van der Waals surface area (Å²) in [7, 11) is 1.52. The van der Waals surface area contributed by atoms with Crippen molar-refractivity contribution < 1.29 is 19.4 Å². The second-order valence-corrected chi connectivity index (χ2v) is 5.82. The summed E-state index contributed by atoms with van der Waals surface area (Å²) < 4.78 is 5.26. The summed E-state index contributed by atoms with van der Waals surface area (Å²) in [6.07, 6.45) is 0. The molecule has 3 rings (SSSR count). The Balaban J connectivity index is 1.95. The van der Waals surface area contributed by atoms with Crippen LogP contribution in [0.1, 0.15) is 18.5 Å². The van der Waals surface area contributed by atoms with Crippen molar-refractivity contribution in [1.82, 2.24) is 10.6 Å². The van der Waals surface area contributed by atoms with Crippen LogP contribution >= 0.6 is 0 Å². The minimum absolute atomic E-state index is 0.106. The normalized spacial score (nSPS) is 16.5. The molecule has 1 aliphatic heterocycles. The molecule has 1 unspecified atom stereocenters. The van der Waals surface area contributed by atoms with Crippen LogP contribution in [0, 0.1) is 0 Å². The maximum Gasteiger partial charge on any atom is 0.319 e. The molecular weight excluding hydrogens is 334 g/mol. The van der Waals surface area contributed by atoms with Gasteiger partial charge in [-0.3, -0.25) is 4.79 Å². The molecule has 1 atom stereocenters. The summed E-state index contributed by atoms with van der Waals surface area (Å²) in [5.74, 6) is 0.278. The molecule has 1 heterocycles. The minimum atomic E-state index is -0.640. The van der Waals surface area contributed by atoms with E-state index in [9.17, 15) is 14.7 Å². The molecule has 0 spiro atoms. The Morgan fingerprint density at radius 2 is 1.85 bits per heavy atom. The number of allylic oxidation sites excluding steroid dienone is 1. The molecule has 7 heteroatoms. The van der Waals surface area contributed by atoms with E-state index in [4.69, 9.17) is 4.74 Å². The minimum Gasteiger partial charge on any atom is -0.508 e. The van der Waals surface area contributed by atoms with E-state index < -0.39 is 12.1 Å². The monoisotopic (exact) mass is 353 g/mol. The lowest BCUT2D eigenvalue weighted by atomic mass is 9.94. The highest BCUT2D eigenvalue weighted by Crippen LogP contribution is 2.30. The number of rotatable bonds is 4. The van der Waals surface area contributed by atoms with Gasteiger partial charge in [-0.2, -0.15) is 0 Å². The first kappa shape index (κ1) is 17.3. The van der Waals surface area contributed by atoms with Crippen molar-refractivity contribution in [2.45, 2.75) is 13.0 Å². The first-order valence-corrected chi connectivity index (χ1v) is 8.01. The number of benzene rings is 2. The molecule has 2 aromatic carbocycles. The molecule has 0 radical (unpaired) electrons. The number of phenols is 1. The van der Waals surface area contributed by atoms with Gasteiger partial charge in [-0.1, -0.05) is 24.3 Å². The lowest BCUT2D eigenvalue weighted by Gasteiger charge is -2.28. The molecule has 1 aliphatic rings. The number of para-hydroxylation sites is 2. The van der Waals surface area contributed by atoms with E-state index in [0.29, 0.717) is 28.3 Å². The largest absolute Gasteiger partial charge is 0.508 e. The van der Waals surface area contributed by atoms with Crippen molar-refractivity contribution >= 4 is 17.6 Å². The van der Waals surface area contributed by atoms with E-state index in [-0.39, 0.29) is 11.7 Å². The number of phenolic OH excluding ortho intramolecular Hbond substituents is 1. The first-order chi connectivity index (χ1) is 12.5. The van der Waals surface area contributed by atoms with Crippen LogP contribution in [0.15, 0.2) is 59.8 Å². The molecule has 0 fully saturated rings. The predicted octanol–water partition coefficient (Wildman–Crippen LogP) is 2.67. The highest BCUT2D eigenvalue weighted by molar-refractivity contribution is 6.07. The van der Waals surface area contributed by atoms with Gasteiger partial charge < -0.3 is 25.8 Å². The topological polar surface area (TPSA) is 99.7 Å². The summed E-state index contributed by atoms with van der Waals surface area (Å²) in [6.45, 7) is 1.67. The zero-order valence-electron chi connectivity index (χ0n) is 14.4. The van der Waals surface area contributed by atoms with E-state index in [1.54, 1.807) is 43.3 Å². The molecule has 0 saturated carbocycles. The van der Waals surface area contributed by atoms with E-state index in [2.05, 4.69) is 16.0 Å². The summed E-state index contributed by atoms with van der Waals surface area (Å²) in [5, 5.41) is 17.7. The van der Waals surface area contributed by atoms with Crippen molar-refractivity contribution in [3.05, 3.63) is 65.4 Å². The number of hydrogen-bond donors (Lipinski definition) is 4. The highest BCUT2D eigenvalue weighted by atomic mass is 16.5. The molecule has 0 saturated heterocycles. The van der Waals surface area contributed by atoms with Gasteiger partial charge in [-0.05, 0) is 36.8 Å². The second-order valence-electron chi connectivity index (χ2n) is 5.82. The van der Waals surface area contributed by atoms with Gasteiger partial charge in [-0.25, -0.2) is 4.79 Å². The van der Waals surface area contributed by atoms with E-state index >= 15 is 0 Å². The predicted molar refractivity (Wildman–Crippen MR) is 96.8 cm³/mol. The molecule has 0 aliphatic carbocycles. The lowest BCUT2D eigenvalue weighted by molar-refractivity contribution is -0.113. The highest BCUT2D eigenvalue weighted by Gasteiger charge is 2.31. The number of nitrogens with one attached hydrogen (secondary N) is 3. The summed E-state index contributed by atoms with van der Waals surface area (Å²) in [6, 6.07) is 12.4. The van der Waals surface area contributed by atoms with Crippen LogP contribution < -0.4 is 20.7 Å². The van der Waals surface area contributed by atoms with E-state index in [1.165, 1.54) is 19.2 Å². The number of urea groups is 1. The van der Waals surface area contributed by atoms with Crippen molar-refractivity contribution in [3.8, 4) is 11.5 Å². The van der Waals surface area contributed by atoms with E-state index in [0.717, 1.165) is 0 Å². The number of aromatic hydroxyl groups is 1. The van der Waals surface area contributed by atoms with Crippen LogP contribution in [-0.2, 0) is 4.79 Å². The van der Waals surface area contributed by atoms with Crippen LogP contribution in [-0.4, -0.2) is 24.2 Å². The maximum atomic E-state index is 12.9. The molecule has 2 aromatic rings. The number of ether oxygens (including phenoxy) is 1. The van der Waals surface area contributed by atoms with Crippen LogP contribution in [0.3, 0.4) is 0 Å². The second kappa shape index (κ2) is 7.18. The third-order valence-corrected chi connectivity index (χ3v) is 4.10. The quantitative estimate of drug-likeness (QED) is 0.679. The molecule has 3 amide bonds. The molecule has 4 N–H and O–H groups in total. The van der Waals surface area contributed by atoms with Crippen LogP contribution in [0.25, 0.3) is 0 Å². The summed E-state index contributed by atoms with van der Waals surface area (Å²) >= 11 is 0. The maximum absolute atomic E-state index is 12.9. The molecular formula is C19H19N3O4. The Bertz CT molecular complexity index is 875. The Labute approximate surface area is 150 Å². The Hall–Kier alpha value is -3.48. The van der Waals surface area contributed by atoms with Gasteiger partial charge >= 0.3 is 6.03 Å². The average Bonchev–Trinajstić information content (AvgIpc) is 2.62.